The maximum absolute atomic E-state index is 10.9. The first-order valence-electron chi connectivity index (χ1n) is 3.75. The number of piperidine rings is 1. The van der Waals surface area contributed by atoms with Crippen LogP contribution in [0, 0.1) is 5.92 Å². The molecule has 1 amide bonds. The summed E-state index contributed by atoms with van der Waals surface area (Å²) in [7, 11) is 0. The number of carbonyl (C=O) groups is 3. The van der Waals surface area contributed by atoms with Crippen molar-refractivity contribution >= 4 is 17.8 Å². The Morgan fingerprint density at radius 2 is 1.92 bits per heavy atom. The van der Waals surface area contributed by atoms with Gasteiger partial charge in [0.2, 0.25) is 5.91 Å². The van der Waals surface area contributed by atoms with Crippen LogP contribution in [0.5, 0.6) is 0 Å². The van der Waals surface area contributed by atoms with Crippen molar-refractivity contribution in [3.8, 4) is 0 Å². The Bertz CT molecular complexity index is 238. The third-order valence-corrected chi connectivity index (χ3v) is 1.93. The van der Waals surface area contributed by atoms with E-state index in [-0.39, 0.29) is 12.8 Å². The molecule has 3 N–H and O–H groups in total. The number of carbonyl (C=O) groups excluding carboxylic acids is 1. The summed E-state index contributed by atoms with van der Waals surface area (Å²) < 4.78 is 0. The first-order valence-corrected chi connectivity index (χ1v) is 3.75. The summed E-state index contributed by atoms with van der Waals surface area (Å²) in [6.07, 6.45) is -0.185. The number of carboxylic acid groups (broad SMARTS) is 2. The molecule has 0 bridgehead atoms. The predicted molar refractivity (Wildman–Crippen MR) is 39.9 cm³/mol. The van der Waals surface area contributed by atoms with Crippen molar-refractivity contribution in [2.24, 2.45) is 5.92 Å². The Morgan fingerprint density at radius 3 is 2.38 bits per heavy atom. The van der Waals surface area contributed by atoms with Crippen molar-refractivity contribution in [2.75, 3.05) is 0 Å². The third-order valence-electron chi connectivity index (χ3n) is 1.93. The van der Waals surface area contributed by atoms with Gasteiger partial charge >= 0.3 is 11.9 Å². The van der Waals surface area contributed by atoms with E-state index in [0.29, 0.717) is 0 Å². The van der Waals surface area contributed by atoms with Gasteiger partial charge in [0.1, 0.15) is 6.04 Å². The molecule has 0 aliphatic carbocycles. The SMILES string of the molecule is O=C1CC(C(=O)O)CC(C(=O)O)N1. The van der Waals surface area contributed by atoms with Crippen molar-refractivity contribution in [3.05, 3.63) is 0 Å². The lowest BCUT2D eigenvalue weighted by atomic mass is 9.92. The molecule has 0 aromatic heterocycles. The molecule has 1 fully saturated rings. The van der Waals surface area contributed by atoms with Crippen molar-refractivity contribution in [2.45, 2.75) is 18.9 Å². The summed E-state index contributed by atoms with van der Waals surface area (Å²) in [4.78, 5) is 31.8. The second kappa shape index (κ2) is 3.42. The first-order chi connectivity index (χ1) is 6.00. The molecule has 0 aromatic rings. The van der Waals surface area contributed by atoms with Crippen molar-refractivity contribution in [1.82, 2.24) is 5.32 Å². The van der Waals surface area contributed by atoms with Crippen LogP contribution in [0.2, 0.25) is 0 Å². The zero-order valence-electron chi connectivity index (χ0n) is 6.69. The smallest absolute Gasteiger partial charge is 0.326 e. The molecule has 1 aliphatic heterocycles. The van der Waals surface area contributed by atoms with Gasteiger partial charge in [0, 0.05) is 6.42 Å². The number of nitrogens with one attached hydrogen (secondary N) is 1. The van der Waals surface area contributed by atoms with E-state index in [0.717, 1.165) is 0 Å². The summed E-state index contributed by atoms with van der Waals surface area (Å²) in [5.41, 5.74) is 0. The van der Waals surface area contributed by atoms with Crippen molar-refractivity contribution < 1.29 is 24.6 Å². The Hall–Kier alpha value is -1.59. The number of hydrogen-bond donors (Lipinski definition) is 3. The van der Waals surface area contributed by atoms with E-state index in [2.05, 4.69) is 5.32 Å². The molecule has 1 saturated heterocycles. The summed E-state index contributed by atoms with van der Waals surface area (Å²) in [6.45, 7) is 0. The standard InChI is InChI=1S/C7H9NO5/c9-5-2-3(6(10)11)1-4(8-5)7(12)13/h3-4H,1-2H2,(H,8,9)(H,10,11)(H,12,13). The highest BCUT2D eigenvalue weighted by Crippen LogP contribution is 2.17. The van der Waals surface area contributed by atoms with Gasteiger partial charge in [-0.1, -0.05) is 0 Å². The van der Waals surface area contributed by atoms with Crippen LogP contribution in [0.25, 0.3) is 0 Å². The zero-order valence-corrected chi connectivity index (χ0v) is 6.69. The highest BCUT2D eigenvalue weighted by molar-refractivity contribution is 5.89. The van der Waals surface area contributed by atoms with Crippen molar-refractivity contribution in [1.29, 1.82) is 0 Å². The summed E-state index contributed by atoms with van der Waals surface area (Å²) in [6, 6.07) is -1.07. The van der Waals surface area contributed by atoms with E-state index in [1.54, 1.807) is 0 Å². The van der Waals surface area contributed by atoms with E-state index < -0.39 is 29.8 Å². The molecule has 1 heterocycles. The third kappa shape index (κ3) is 2.17. The van der Waals surface area contributed by atoms with E-state index >= 15 is 0 Å². The van der Waals surface area contributed by atoms with Gasteiger partial charge in [0.15, 0.2) is 0 Å². The van der Waals surface area contributed by atoms with Gasteiger partial charge in [-0.05, 0) is 6.42 Å². The van der Waals surface area contributed by atoms with Crippen LogP contribution in [-0.4, -0.2) is 34.1 Å². The topological polar surface area (TPSA) is 104 Å². The van der Waals surface area contributed by atoms with E-state index in [1.165, 1.54) is 0 Å². The van der Waals surface area contributed by atoms with Gasteiger partial charge in [-0.3, -0.25) is 9.59 Å². The van der Waals surface area contributed by atoms with Gasteiger partial charge in [-0.2, -0.15) is 0 Å². The van der Waals surface area contributed by atoms with Crippen LogP contribution >= 0.6 is 0 Å². The Balaban J connectivity index is 2.68. The molecule has 1 rings (SSSR count). The van der Waals surface area contributed by atoms with Crippen LogP contribution in [-0.2, 0) is 14.4 Å². The minimum Gasteiger partial charge on any atom is -0.481 e. The fraction of sp³-hybridized carbons (Fsp3) is 0.571. The molecular formula is C7H9NO5. The zero-order chi connectivity index (χ0) is 10.0. The fourth-order valence-electron chi connectivity index (χ4n) is 1.25. The summed E-state index contributed by atoms with van der Waals surface area (Å²) in [5.74, 6) is -3.72. The van der Waals surface area contributed by atoms with Gasteiger partial charge < -0.3 is 15.5 Å². The van der Waals surface area contributed by atoms with E-state index in [9.17, 15) is 14.4 Å². The molecular weight excluding hydrogens is 178 g/mol. The van der Waals surface area contributed by atoms with Crippen LogP contribution in [0.15, 0.2) is 0 Å². The van der Waals surface area contributed by atoms with Gasteiger partial charge in [0.25, 0.3) is 0 Å². The maximum Gasteiger partial charge on any atom is 0.326 e. The average Bonchev–Trinajstić information content (AvgIpc) is 2.03. The first kappa shape index (κ1) is 9.50. The van der Waals surface area contributed by atoms with Crippen LogP contribution in [0.3, 0.4) is 0 Å². The molecule has 13 heavy (non-hydrogen) atoms. The lowest BCUT2D eigenvalue weighted by molar-refractivity contribution is -0.150. The molecule has 0 aromatic carbocycles. The molecule has 1 aliphatic rings. The quantitative estimate of drug-likeness (QED) is 0.517. The predicted octanol–water partition coefficient (Wildman–Crippen LogP) is -0.950. The van der Waals surface area contributed by atoms with E-state index in [4.69, 9.17) is 10.2 Å². The highest BCUT2D eigenvalue weighted by Gasteiger charge is 2.34. The van der Waals surface area contributed by atoms with Crippen molar-refractivity contribution in [3.63, 3.8) is 0 Å². The lowest BCUT2D eigenvalue weighted by Gasteiger charge is -2.24. The monoisotopic (exact) mass is 187 g/mol. The van der Waals surface area contributed by atoms with Gasteiger partial charge in [-0.15, -0.1) is 0 Å². The van der Waals surface area contributed by atoms with Gasteiger partial charge in [0.05, 0.1) is 5.92 Å². The Morgan fingerprint density at radius 1 is 1.31 bits per heavy atom. The Labute approximate surface area is 73.5 Å². The molecule has 72 valence electrons. The molecule has 2 unspecified atom stereocenters. The molecule has 6 heteroatoms. The van der Waals surface area contributed by atoms with Crippen LogP contribution in [0.4, 0.5) is 0 Å². The normalized spacial score (nSPS) is 27.8. The van der Waals surface area contributed by atoms with Gasteiger partial charge in [-0.25, -0.2) is 4.79 Å². The molecule has 0 saturated carbocycles. The number of amides is 1. The van der Waals surface area contributed by atoms with Crippen LogP contribution < -0.4 is 5.32 Å². The number of rotatable bonds is 2. The minimum atomic E-state index is -1.20. The van der Waals surface area contributed by atoms with Crippen LogP contribution in [0.1, 0.15) is 12.8 Å². The molecule has 2 atom stereocenters. The minimum absolute atomic E-state index is 0.0452. The largest absolute Gasteiger partial charge is 0.481 e. The summed E-state index contributed by atoms with van der Waals surface area (Å²) in [5, 5.41) is 19.3. The lowest BCUT2D eigenvalue weighted by Crippen LogP contribution is -2.48. The van der Waals surface area contributed by atoms with E-state index in [1.807, 2.05) is 0 Å². The second-order valence-corrected chi connectivity index (χ2v) is 2.93. The molecule has 6 nitrogen and oxygen atoms in total. The molecule has 0 radical (unpaired) electrons. The Kier molecular flexibility index (Phi) is 2.50. The fourth-order valence-corrected chi connectivity index (χ4v) is 1.25. The maximum atomic E-state index is 10.9. The second-order valence-electron chi connectivity index (χ2n) is 2.93. The number of aliphatic carboxylic acids is 2. The summed E-state index contributed by atoms with van der Waals surface area (Å²) >= 11 is 0. The average molecular weight is 187 g/mol. The number of hydrogen-bond acceptors (Lipinski definition) is 3. The number of carboxylic acids is 2. The molecule has 0 spiro atoms. The highest BCUT2D eigenvalue weighted by atomic mass is 16.4.